The number of rotatable bonds is 4. The molecule has 1 heterocycles. The first-order valence-electron chi connectivity index (χ1n) is 9.40. The fraction of sp³-hybridized carbons (Fsp3) is 0.364. The average molecular weight is 348 g/mol. The van der Waals surface area contributed by atoms with Crippen molar-refractivity contribution in [3.05, 3.63) is 59.2 Å². The van der Waals surface area contributed by atoms with Crippen molar-refractivity contribution in [2.75, 3.05) is 16.8 Å². The Balaban J connectivity index is 1.46. The third kappa shape index (κ3) is 3.64. The normalized spacial score (nSPS) is 16.1. The number of carbonyl (C=O) groups excluding carboxylic acids is 2. The largest absolute Gasteiger partial charge is 0.326 e. The molecule has 26 heavy (non-hydrogen) atoms. The van der Waals surface area contributed by atoms with Gasteiger partial charge in [0.2, 0.25) is 11.8 Å². The van der Waals surface area contributed by atoms with E-state index >= 15 is 0 Å². The maximum Gasteiger partial charge on any atom is 0.230 e. The lowest BCUT2D eigenvalue weighted by molar-refractivity contribution is -0.120. The van der Waals surface area contributed by atoms with Gasteiger partial charge in [-0.15, -0.1) is 0 Å². The summed E-state index contributed by atoms with van der Waals surface area (Å²) in [6.07, 6.45) is 4.35. The molecule has 1 aliphatic heterocycles. The summed E-state index contributed by atoms with van der Waals surface area (Å²) in [4.78, 5) is 26.8. The molecule has 4 heteroatoms. The molecule has 2 aliphatic rings. The van der Waals surface area contributed by atoms with Crippen LogP contribution in [-0.2, 0) is 22.4 Å². The Bertz CT molecular complexity index is 855. The SMILES string of the molecule is Cc1cccc(CC(=O)Nc2ccc3c(c2)CCCN3C(=O)C2CC2)c1. The van der Waals surface area contributed by atoms with E-state index in [0.717, 1.165) is 60.3 Å². The van der Waals surface area contributed by atoms with Gasteiger partial charge in [0.05, 0.1) is 6.42 Å². The van der Waals surface area contributed by atoms with Gasteiger partial charge in [0.25, 0.3) is 0 Å². The number of aryl methyl sites for hydroxylation is 2. The van der Waals surface area contributed by atoms with Crippen LogP contribution >= 0.6 is 0 Å². The zero-order valence-electron chi connectivity index (χ0n) is 15.1. The van der Waals surface area contributed by atoms with Gasteiger partial charge in [-0.25, -0.2) is 0 Å². The molecule has 2 aromatic rings. The number of nitrogens with one attached hydrogen (secondary N) is 1. The highest BCUT2D eigenvalue weighted by atomic mass is 16.2. The van der Waals surface area contributed by atoms with Crippen LogP contribution < -0.4 is 10.2 Å². The smallest absolute Gasteiger partial charge is 0.230 e. The van der Waals surface area contributed by atoms with E-state index < -0.39 is 0 Å². The summed E-state index contributed by atoms with van der Waals surface area (Å²) < 4.78 is 0. The van der Waals surface area contributed by atoms with Gasteiger partial charge in [-0.2, -0.15) is 0 Å². The highest BCUT2D eigenvalue weighted by Crippen LogP contribution is 2.36. The molecule has 4 nitrogen and oxygen atoms in total. The first-order chi connectivity index (χ1) is 12.6. The summed E-state index contributed by atoms with van der Waals surface area (Å²) in [7, 11) is 0. The molecule has 2 amide bonds. The first kappa shape index (κ1) is 16.8. The van der Waals surface area contributed by atoms with Crippen molar-refractivity contribution in [1.29, 1.82) is 0 Å². The summed E-state index contributed by atoms with van der Waals surface area (Å²) in [6.45, 7) is 2.83. The van der Waals surface area contributed by atoms with E-state index in [4.69, 9.17) is 0 Å². The summed E-state index contributed by atoms with van der Waals surface area (Å²) in [5.41, 5.74) is 5.15. The van der Waals surface area contributed by atoms with Gasteiger partial charge in [0, 0.05) is 23.8 Å². The Kier molecular flexibility index (Phi) is 4.49. The van der Waals surface area contributed by atoms with Crippen LogP contribution in [0.15, 0.2) is 42.5 Å². The van der Waals surface area contributed by atoms with Crippen molar-refractivity contribution in [2.45, 2.75) is 39.0 Å². The zero-order chi connectivity index (χ0) is 18.1. The fourth-order valence-corrected chi connectivity index (χ4v) is 3.67. The minimum atomic E-state index is -0.0164. The molecule has 1 aliphatic carbocycles. The van der Waals surface area contributed by atoms with Crippen molar-refractivity contribution in [3.63, 3.8) is 0 Å². The molecule has 134 valence electrons. The minimum absolute atomic E-state index is 0.0164. The van der Waals surface area contributed by atoms with Crippen molar-refractivity contribution < 1.29 is 9.59 Å². The van der Waals surface area contributed by atoms with E-state index in [-0.39, 0.29) is 17.7 Å². The van der Waals surface area contributed by atoms with E-state index in [1.165, 1.54) is 0 Å². The van der Waals surface area contributed by atoms with E-state index in [1.807, 2.05) is 54.3 Å². The molecule has 1 N–H and O–H groups in total. The van der Waals surface area contributed by atoms with E-state index in [0.29, 0.717) is 6.42 Å². The average Bonchev–Trinajstić information content (AvgIpc) is 3.45. The Morgan fingerprint density at radius 1 is 1.15 bits per heavy atom. The number of hydrogen-bond acceptors (Lipinski definition) is 2. The third-order valence-corrected chi connectivity index (χ3v) is 5.12. The maximum absolute atomic E-state index is 12.5. The molecule has 0 saturated heterocycles. The molecular weight excluding hydrogens is 324 g/mol. The zero-order valence-corrected chi connectivity index (χ0v) is 15.1. The lowest BCUT2D eigenvalue weighted by Crippen LogP contribution is -2.36. The Morgan fingerprint density at radius 2 is 2.00 bits per heavy atom. The van der Waals surface area contributed by atoms with Crippen molar-refractivity contribution in [1.82, 2.24) is 0 Å². The number of fused-ring (bicyclic) bond motifs is 1. The number of carbonyl (C=O) groups is 2. The molecule has 0 aromatic heterocycles. The highest BCUT2D eigenvalue weighted by Gasteiger charge is 2.35. The van der Waals surface area contributed by atoms with Gasteiger partial charge in [-0.05, 0) is 61.9 Å². The van der Waals surface area contributed by atoms with Crippen LogP contribution in [0.4, 0.5) is 11.4 Å². The molecule has 0 bridgehead atoms. The van der Waals surface area contributed by atoms with Gasteiger partial charge in [0.1, 0.15) is 0 Å². The second-order valence-corrected chi connectivity index (χ2v) is 7.43. The number of anilines is 2. The summed E-state index contributed by atoms with van der Waals surface area (Å²) >= 11 is 0. The molecule has 0 radical (unpaired) electrons. The van der Waals surface area contributed by atoms with E-state index in [2.05, 4.69) is 5.32 Å². The number of benzene rings is 2. The second-order valence-electron chi connectivity index (χ2n) is 7.43. The third-order valence-electron chi connectivity index (χ3n) is 5.12. The predicted octanol–water partition coefficient (Wildman–Crippen LogP) is 3.87. The quantitative estimate of drug-likeness (QED) is 0.912. The van der Waals surface area contributed by atoms with Gasteiger partial charge < -0.3 is 10.2 Å². The van der Waals surface area contributed by atoms with Gasteiger partial charge >= 0.3 is 0 Å². The van der Waals surface area contributed by atoms with Crippen molar-refractivity contribution in [2.24, 2.45) is 5.92 Å². The monoisotopic (exact) mass is 348 g/mol. The second kappa shape index (κ2) is 6.94. The predicted molar refractivity (Wildman–Crippen MR) is 103 cm³/mol. The minimum Gasteiger partial charge on any atom is -0.326 e. The summed E-state index contributed by atoms with van der Waals surface area (Å²) in [5, 5.41) is 3.00. The van der Waals surface area contributed by atoms with Crippen LogP contribution in [0.1, 0.15) is 36.0 Å². The molecule has 4 rings (SSSR count). The molecule has 0 spiro atoms. The summed E-state index contributed by atoms with van der Waals surface area (Å²) in [6, 6.07) is 13.9. The van der Waals surface area contributed by atoms with E-state index in [1.54, 1.807) is 0 Å². The van der Waals surface area contributed by atoms with Crippen LogP contribution in [0.2, 0.25) is 0 Å². The Morgan fingerprint density at radius 3 is 2.77 bits per heavy atom. The maximum atomic E-state index is 12.5. The highest BCUT2D eigenvalue weighted by molar-refractivity contribution is 5.98. The lowest BCUT2D eigenvalue weighted by atomic mass is 10.00. The van der Waals surface area contributed by atoms with Gasteiger partial charge in [-0.3, -0.25) is 9.59 Å². The van der Waals surface area contributed by atoms with E-state index in [9.17, 15) is 9.59 Å². The summed E-state index contributed by atoms with van der Waals surface area (Å²) in [5.74, 6) is 0.481. The lowest BCUT2D eigenvalue weighted by Gasteiger charge is -2.30. The molecule has 2 aromatic carbocycles. The molecule has 0 atom stereocenters. The van der Waals surface area contributed by atoms with Crippen LogP contribution in [0.25, 0.3) is 0 Å². The van der Waals surface area contributed by atoms with Gasteiger partial charge in [0.15, 0.2) is 0 Å². The Labute approximate surface area is 154 Å². The van der Waals surface area contributed by atoms with Crippen LogP contribution in [0.5, 0.6) is 0 Å². The van der Waals surface area contributed by atoms with Crippen LogP contribution in [0.3, 0.4) is 0 Å². The molecule has 0 unspecified atom stereocenters. The molecular formula is C22H24N2O2. The number of amides is 2. The first-order valence-corrected chi connectivity index (χ1v) is 9.40. The number of hydrogen-bond donors (Lipinski definition) is 1. The molecule has 1 saturated carbocycles. The Hall–Kier alpha value is -2.62. The van der Waals surface area contributed by atoms with Gasteiger partial charge in [-0.1, -0.05) is 29.8 Å². The topological polar surface area (TPSA) is 49.4 Å². The van der Waals surface area contributed by atoms with Crippen molar-refractivity contribution in [3.8, 4) is 0 Å². The van der Waals surface area contributed by atoms with Crippen LogP contribution in [-0.4, -0.2) is 18.4 Å². The van der Waals surface area contributed by atoms with Crippen molar-refractivity contribution >= 4 is 23.2 Å². The fourth-order valence-electron chi connectivity index (χ4n) is 3.67. The standard InChI is InChI=1S/C22H24N2O2/c1-15-4-2-5-16(12-15)13-21(25)23-19-9-10-20-18(14-19)6-3-11-24(20)22(26)17-7-8-17/h2,4-5,9-10,12,14,17H,3,6-8,11,13H2,1H3,(H,23,25). The van der Waals surface area contributed by atoms with Crippen LogP contribution in [0, 0.1) is 12.8 Å². The number of nitrogens with zero attached hydrogens (tertiary/aromatic N) is 1. The molecule has 1 fully saturated rings.